The highest BCUT2D eigenvalue weighted by molar-refractivity contribution is 6.48. The van der Waals surface area contributed by atoms with Crippen LogP contribution in [-0.2, 0) is 15.6 Å². The first-order valence-electron chi connectivity index (χ1n) is 14.7. The van der Waals surface area contributed by atoms with Gasteiger partial charge in [0.15, 0.2) is 9.04 Å². The Bertz CT molecular complexity index is 1210. The van der Waals surface area contributed by atoms with Gasteiger partial charge in [0.1, 0.15) is 0 Å². The molecule has 0 bridgehead atoms. The minimum Gasteiger partial charge on any atom is -0.413 e. The molecule has 0 aliphatic heterocycles. The van der Waals surface area contributed by atoms with Crippen LogP contribution in [0.1, 0.15) is 76.4 Å². The molecule has 0 aromatic heterocycles. The lowest BCUT2D eigenvalue weighted by molar-refractivity contribution is -0.0231. The van der Waals surface area contributed by atoms with E-state index in [4.69, 9.17) is 9.16 Å². The molecule has 4 rings (SSSR count). The maximum absolute atomic E-state index is 10.9. The molecule has 3 atom stereocenters. The highest BCUT2D eigenvalue weighted by Crippen LogP contribution is 2.47. The number of ether oxygens (including phenoxy) is 1. The van der Waals surface area contributed by atoms with Crippen molar-refractivity contribution in [1.29, 1.82) is 0 Å². The number of fused-ring (bicyclic) bond motifs is 1. The van der Waals surface area contributed by atoms with Crippen LogP contribution in [0.3, 0.4) is 0 Å². The topological polar surface area (TPSA) is 50.7 Å². The third-order valence-corrected chi connectivity index (χ3v) is 8.39. The van der Waals surface area contributed by atoms with E-state index in [1.165, 1.54) is 40.3 Å². The van der Waals surface area contributed by atoms with Crippen molar-refractivity contribution in [3.8, 4) is 0 Å². The Morgan fingerprint density at radius 2 is 1.54 bits per heavy atom. The van der Waals surface area contributed by atoms with Gasteiger partial charge in [-0.1, -0.05) is 87.5 Å². The molecule has 3 aromatic rings. The molecular weight excluding hydrogens is 498 g/mol. The average molecular weight is 548 g/mol. The van der Waals surface area contributed by atoms with E-state index in [0.29, 0.717) is 19.1 Å². The van der Waals surface area contributed by atoms with Crippen LogP contribution in [0.25, 0.3) is 10.8 Å². The monoisotopic (exact) mass is 547 g/mol. The van der Waals surface area contributed by atoms with Gasteiger partial charge in [0.05, 0.1) is 24.9 Å². The molecule has 212 valence electrons. The summed E-state index contributed by atoms with van der Waals surface area (Å²) in [6.45, 7) is 16.4. The highest BCUT2D eigenvalue weighted by Gasteiger charge is 2.38. The summed E-state index contributed by atoms with van der Waals surface area (Å²) in [6.07, 6.45) is 2.68. The largest absolute Gasteiger partial charge is 0.413 e. The number of hydrogen-bond acceptors (Lipinski definition) is 4. The molecule has 5 heteroatoms. The summed E-state index contributed by atoms with van der Waals surface area (Å²) >= 11 is 0. The number of nitrogens with one attached hydrogen (secondary N) is 1. The van der Waals surface area contributed by atoms with Gasteiger partial charge >= 0.3 is 0 Å². The Hall–Kier alpha value is -2.02. The van der Waals surface area contributed by atoms with E-state index in [1.54, 1.807) is 0 Å². The Morgan fingerprint density at radius 1 is 0.897 bits per heavy atom. The Labute approximate surface area is 237 Å². The van der Waals surface area contributed by atoms with Crippen molar-refractivity contribution in [2.24, 2.45) is 11.3 Å². The van der Waals surface area contributed by atoms with Crippen LogP contribution in [0, 0.1) is 11.3 Å². The number of rotatable bonds is 13. The fourth-order valence-electron chi connectivity index (χ4n) is 5.49. The Balaban J connectivity index is 1.38. The normalized spacial score (nSPS) is 16.9. The summed E-state index contributed by atoms with van der Waals surface area (Å²) in [5.41, 5.74) is 3.60. The SMILES string of the molecule is C[SiH](C)OC(c1ccccc1[C@H](OC[C@H](O)CNC(C)(C)Cc1ccc2ccccc2c1)C1CC1)C(C)(C)C. The van der Waals surface area contributed by atoms with Crippen LogP contribution >= 0.6 is 0 Å². The molecule has 3 aromatic carbocycles. The highest BCUT2D eigenvalue weighted by atomic mass is 28.3. The van der Waals surface area contributed by atoms with Gasteiger partial charge in [-0.15, -0.1) is 0 Å². The smallest absolute Gasteiger partial charge is 0.171 e. The van der Waals surface area contributed by atoms with Crippen LogP contribution in [0.5, 0.6) is 0 Å². The first-order chi connectivity index (χ1) is 18.4. The predicted octanol–water partition coefficient (Wildman–Crippen LogP) is 7.37. The van der Waals surface area contributed by atoms with Crippen molar-refractivity contribution in [1.82, 2.24) is 5.32 Å². The molecule has 1 aliphatic rings. The molecule has 1 saturated carbocycles. The van der Waals surface area contributed by atoms with Gasteiger partial charge in [-0.05, 0) is 85.0 Å². The van der Waals surface area contributed by atoms with Crippen LogP contribution in [0.15, 0.2) is 66.7 Å². The van der Waals surface area contributed by atoms with Crippen LogP contribution in [0.2, 0.25) is 13.1 Å². The number of hydrogen-bond donors (Lipinski definition) is 2. The summed E-state index contributed by atoms with van der Waals surface area (Å²) in [6, 6.07) is 23.8. The minimum atomic E-state index is -1.25. The van der Waals surface area contributed by atoms with E-state index >= 15 is 0 Å². The number of β-amino-alcohol motifs (C(OH)–C–C–N with tert-alkyl or cyclic N) is 1. The molecule has 0 heterocycles. The van der Waals surface area contributed by atoms with Crippen molar-refractivity contribution in [3.05, 3.63) is 83.4 Å². The number of aliphatic hydroxyl groups is 1. The van der Waals surface area contributed by atoms with E-state index in [2.05, 4.69) is 120 Å². The standard InChI is InChI=1S/C34H49NO3Si/c1-33(2,3)32(38-39(6)7)30-15-11-10-14-29(30)31(26-18-19-26)37-23-28(36)22-35-34(4,5)21-24-16-17-25-12-8-9-13-27(25)20-24/h8-17,20,26,28,31-32,35-36,39H,18-19,21-23H2,1-7H3/t28-,31-,32?/m1/s1. The molecule has 0 saturated heterocycles. The first kappa shape index (κ1) is 29.9. The van der Waals surface area contributed by atoms with Crippen LogP contribution in [-0.4, -0.2) is 38.9 Å². The summed E-state index contributed by atoms with van der Waals surface area (Å²) in [5, 5.41) is 17.1. The van der Waals surface area contributed by atoms with Gasteiger partial charge in [-0.3, -0.25) is 0 Å². The molecule has 0 spiro atoms. The lowest BCUT2D eigenvalue weighted by Gasteiger charge is -2.35. The fraction of sp³-hybridized carbons (Fsp3) is 0.529. The summed E-state index contributed by atoms with van der Waals surface area (Å²) in [7, 11) is -1.25. The van der Waals surface area contributed by atoms with Gasteiger partial charge in [-0.2, -0.15) is 0 Å². The summed E-state index contributed by atoms with van der Waals surface area (Å²) < 4.78 is 13.1. The molecule has 2 N–H and O–H groups in total. The second-order valence-electron chi connectivity index (χ2n) is 13.4. The maximum atomic E-state index is 10.9. The van der Waals surface area contributed by atoms with Gasteiger partial charge < -0.3 is 19.6 Å². The molecule has 0 radical (unpaired) electrons. The maximum Gasteiger partial charge on any atom is 0.171 e. The van der Waals surface area contributed by atoms with Crippen molar-refractivity contribution < 1.29 is 14.3 Å². The van der Waals surface area contributed by atoms with Crippen molar-refractivity contribution >= 4 is 19.8 Å². The molecule has 4 nitrogen and oxygen atoms in total. The summed E-state index contributed by atoms with van der Waals surface area (Å²) in [4.78, 5) is 0. The lowest BCUT2D eigenvalue weighted by atomic mass is 9.81. The molecule has 1 fully saturated rings. The third kappa shape index (κ3) is 8.48. The van der Waals surface area contributed by atoms with Gasteiger partial charge in [0.25, 0.3) is 0 Å². The Kier molecular flexibility index (Phi) is 9.72. The van der Waals surface area contributed by atoms with Crippen molar-refractivity contribution in [2.45, 2.75) is 90.8 Å². The van der Waals surface area contributed by atoms with E-state index in [0.717, 1.165) is 6.42 Å². The predicted molar refractivity (Wildman–Crippen MR) is 166 cm³/mol. The second-order valence-corrected chi connectivity index (χ2v) is 15.8. The van der Waals surface area contributed by atoms with Gasteiger partial charge in [0.2, 0.25) is 0 Å². The molecule has 39 heavy (non-hydrogen) atoms. The fourth-order valence-corrected chi connectivity index (χ4v) is 6.59. The lowest BCUT2D eigenvalue weighted by Crippen LogP contribution is -2.46. The third-order valence-electron chi connectivity index (χ3n) is 7.57. The van der Waals surface area contributed by atoms with Gasteiger partial charge in [0, 0.05) is 12.1 Å². The zero-order valence-electron chi connectivity index (χ0n) is 25.0. The van der Waals surface area contributed by atoms with Gasteiger partial charge in [-0.25, -0.2) is 0 Å². The number of aliphatic hydroxyl groups excluding tert-OH is 1. The van der Waals surface area contributed by atoms with Crippen molar-refractivity contribution in [3.63, 3.8) is 0 Å². The number of benzene rings is 3. The zero-order valence-corrected chi connectivity index (χ0v) is 26.2. The van der Waals surface area contributed by atoms with E-state index in [1.807, 2.05) is 0 Å². The van der Waals surface area contributed by atoms with E-state index in [-0.39, 0.29) is 23.2 Å². The molecule has 0 amide bonds. The minimum absolute atomic E-state index is 0.0104. The average Bonchev–Trinajstić information content (AvgIpc) is 3.71. The summed E-state index contributed by atoms with van der Waals surface area (Å²) in [5.74, 6) is 0.507. The second kappa shape index (κ2) is 12.7. The molecule has 1 aliphatic carbocycles. The molecular formula is C34H49NO3Si. The first-order valence-corrected chi connectivity index (χ1v) is 17.5. The van der Waals surface area contributed by atoms with E-state index in [9.17, 15) is 5.11 Å². The van der Waals surface area contributed by atoms with Crippen LogP contribution < -0.4 is 5.32 Å². The Morgan fingerprint density at radius 3 is 2.18 bits per heavy atom. The zero-order chi connectivity index (χ0) is 28.2. The van der Waals surface area contributed by atoms with E-state index < -0.39 is 15.1 Å². The quantitative estimate of drug-likeness (QED) is 0.219. The van der Waals surface area contributed by atoms with Crippen LogP contribution in [0.4, 0.5) is 0 Å². The molecule has 1 unspecified atom stereocenters. The van der Waals surface area contributed by atoms with Crippen molar-refractivity contribution in [2.75, 3.05) is 13.2 Å².